The smallest absolute Gasteiger partial charge is 0.306 e. The summed E-state index contributed by atoms with van der Waals surface area (Å²) in [4.78, 5) is 26.2. The van der Waals surface area contributed by atoms with E-state index in [1.165, 1.54) is 22.2 Å². The van der Waals surface area contributed by atoms with Gasteiger partial charge in [0.05, 0.1) is 4.88 Å². The van der Waals surface area contributed by atoms with Crippen molar-refractivity contribution in [2.75, 3.05) is 24.7 Å². The minimum Gasteiger partial charge on any atom is -0.306 e. The molecule has 0 radical (unpaired) electrons. The Hall–Kier alpha value is -2.39. The molecule has 0 spiro atoms. The molecule has 156 valence electrons. The lowest BCUT2D eigenvalue weighted by Crippen LogP contribution is -2.46. The van der Waals surface area contributed by atoms with Gasteiger partial charge in [-0.05, 0) is 42.5 Å². The van der Waals surface area contributed by atoms with E-state index in [2.05, 4.69) is 5.32 Å². The van der Waals surface area contributed by atoms with Gasteiger partial charge in [-0.1, -0.05) is 32.0 Å². The lowest BCUT2D eigenvalue weighted by Gasteiger charge is -2.28. The van der Waals surface area contributed by atoms with Crippen molar-refractivity contribution in [1.82, 2.24) is 10.0 Å². The molecule has 1 N–H and O–H groups in total. The molecule has 9 heteroatoms. The number of hydrogen-bond donors (Lipinski definition) is 1. The minimum atomic E-state index is -3.37. The van der Waals surface area contributed by atoms with Gasteiger partial charge < -0.3 is 5.32 Å². The Labute approximate surface area is 175 Å². The van der Waals surface area contributed by atoms with Crippen LogP contribution in [0.15, 0.2) is 34.5 Å². The standard InChI is InChI=1S/C20H25N3O4S2/c1-4-14-8-6-9-15(5-2)18(14)21-20(25)23-13-7-12-22(23)19(24)16-10-11-17(28-16)29(3,26)27/h6,8-11H,4-5,7,12-13H2,1-3H3,(H,21,25). The van der Waals surface area contributed by atoms with Gasteiger partial charge in [-0.15, -0.1) is 11.3 Å². The Morgan fingerprint density at radius 1 is 1.03 bits per heavy atom. The van der Waals surface area contributed by atoms with E-state index in [0.717, 1.165) is 47.2 Å². The molecule has 0 saturated carbocycles. The van der Waals surface area contributed by atoms with Crippen molar-refractivity contribution in [3.05, 3.63) is 46.3 Å². The molecule has 0 unspecified atom stereocenters. The largest absolute Gasteiger partial charge is 0.340 e. The van der Waals surface area contributed by atoms with Gasteiger partial charge in [0, 0.05) is 25.0 Å². The highest BCUT2D eigenvalue weighted by Crippen LogP contribution is 2.27. The van der Waals surface area contributed by atoms with Crippen LogP contribution in [0.5, 0.6) is 0 Å². The third-order valence-electron chi connectivity index (χ3n) is 4.89. The topological polar surface area (TPSA) is 86.8 Å². The van der Waals surface area contributed by atoms with Crippen LogP contribution in [-0.2, 0) is 22.7 Å². The van der Waals surface area contributed by atoms with Crippen molar-refractivity contribution < 1.29 is 18.0 Å². The molecule has 0 bridgehead atoms. The first-order chi connectivity index (χ1) is 13.8. The number of hydrogen-bond acceptors (Lipinski definition) is 5. The molecule has 3 rings (SSSR count). The third-order valence-corrected chi connectivity index (χ3v) is 7.78. The van der Waals surface area contributed by atoms with Crippen molar-refractivity contribution in [3.8, 4) is 0 Å². The molecule has 1 aliphatic heterocycles. The van der Waals surface area contributed by atoms with Crippen molar-refractivity contribution in [2.24, 2.45) is 0 Å². The van der Waals surface area contributed by atoms with Crippen LogP contribution in [0, 0.1) is 0 Å². The Bertz CT molecular complexity index is 1010. The van der Waals surface area contributed by atoms with E-state index in [9.17, 15) is 18.0 Å². The number of carbonyl (C=O) groups excluding carboxylic acids is 2. The van der Waals surface area contributed by atoms with Crippen molar-refractivity contribution >= 4 is 38.8 Å². The third kappa shape index (κ3) is 4.45. The number of hydrazine groups is 1. The normalized spacial score (nSPS) is 14.3. The fraction of sp³-hybridized carbons (Fsp3) is 0.400. The predicted molar refractivity (Wildman–Crippen MR) is 114 cm³/mol. The Morgan fingerprint density at radius 2 is 1.66 bits per heavy atom. The number of para-hydroxylation sites is 1. The Morgan fingerprint density at radius 3 is 2.21 bits per heavy atom. The lowest BCUT2D eigenvalue weighted by atomic mass is 10.0. The highest BCUT2D eigenvalue weighted by molar-refractivity contribution is 7.92. The van der Waals surface area contributed by atoms with Crippen LogP contribution in [0.2, 0.25) is 0 Å². The van der Waals surface area contributed by atoms with E-state index in [0.29, 0.717) is 24.4 Å². The van der Waals surface area contributed by atoms with Crippen LogP contribution in [0.4, 0.5) is 10.5 Å². The lowest BCUT2D eigenvalue weighted by molar-refractivity contribution is 0.0409. The van der Waals surface area contributed by atoms with Crippen LogP contribution < -0.4 is 5.32 Å². The van der Waals surface area contributed by atoms with E-state index in [4.69, 9.17) is 0 Å². The molecule has 2 aromatic rings. The fourth-order valence-electron chi connectivity index (χ4n) is 3.37. The number of benzene rings is 1. The second kappa shape index (κ2) is 8.54. The monoisotopic (exact) mass is 435 g/mol. The van der Waals surface area contributed by atoms with Gasteiger partial charge in [0.1, 0.15) is 4.21 Å². The summed E-state index contributed by atoms with van der Waals surface area (Å²) in [5, 5.41) is 5.80. The van der Waals surface area contributed by atoms with Gasteiger partial charge in [0.2, 0.25) is 0 Å². The van der Waals surface area contributed by atoms with Gasteiger partial charge in [-0.3, -0.25) is 4.79 Å². The van der Waals surface area contributed by atoms with Crippen LogP contribution in [0.25, 0.3) is 0 Å². The molecule has 0 aliphatic carbocycles. The van der Waals surface area contributed by atoms with Gasteiger partial charge in [0.15, 0.2) is 9.84 Å². The van der Waals surface area contributed by atoms with E-state index in [1.54, 1.807) is 0 Å². The maximum Gasteiger partial charge on any atom is 0.340 e. The van der Waals surface area contributed by atoms with E-state index < -0.39 is 9.84 Å². The van der Waals surface area contributed by atoms with Crippen LogP contribution in [0.3, 0.4) is 0 Å². The second-order valence-corrected chi connectivity index (χ2v) is 10.2. The highest BCUT2D eigenvalue weighted by atomic mass is 32.2. The molecule has 2 heterocycles. The number of aryl methyl sites for hydroxylation is 2. The zero-order valence-corrected chi connectivity index (χ0v) is 18.4. The average molecular weight is 436 g/mol. The summed E-state index contributed by atoms with van der Waals surface area (Å²) in [6, 6.07) is 8.53. The number of rotatable bonds is 5. The number of urea groups is 1. The van der Waals surface area contributed by atoms with Gasteiger partial charge in [-0.2, -0.15) is 0 Å². The molecule has 0 atom stereocenters. The molecule has 1 aromatic carbocycles. The summed E-state index contributed by atoms with van der Waals surface area (Å²) >= 11 is 0.927. The number of anilines is 1. The summed E-state index contributed by atoms with van der Waals surface area (Å²) in [5.41, 5.74) is 2.90. The van der Waals surface area contributed by atoms with Crippen LogP contribution in [-0.4, -0.2) is 49.7 Å². The molecular formula is C20H25N3O4S2. The zero-order chi connectivity index (χ0) is 21.2. The van der Waals surface area contributed by atoms with Gasteiger partial charge >= 0.3 is 6.03 Å². The second-order valence-electron chi connectivity index (χ2n) is 6.88. The number of thiophene rings is 1. The number of amides is 3. The van der Waals surface area contributed by atoms with Crippen molar-refractivity contribution in [2.45, 2.75) is 37.3 Å². The van der Waals surface area contributed by atoms with E-state index >= 15 is 0 Å². The Kier molecular flexibility index (Phi) is 6.28. The molecule has 1 fully saturated rings. The maximum absolute atomic E-state index is 13.0. The van der Waals surface area contributed by atoms with Crippen molar-refractivity contribution in [1.29, 1.82) is 0 Å². The molecule has 7 nitrogen and oxygen atoms in total. The van der Waals surface area contributed by atoms with Gasteiger partial charge in [-0.25, -0.2) is 23.2 Å². The summed E-state index contributed by atoms with van der Waals surface area (Å²) in [6.07, 6.45) is 3.35. The predicted octanol–water partition coefficient (Wildman–Crippen LogP) is 3.57. The number of carbonyl (C=O) groups is 2. The molecule has 29 heavy (non-hydrogen) atoms. The molecule has 1 aromatic heterocycles. The fourth-order valence-corrected chi connectivity index (χ4v) is 5.24. The van der Waals surface area contributed by atoms with E-state index in [-0.39, 0.29) is 16.1 Å². The van der Waals surface area contributed by atoms with E-state index in [1.807, 2.05) is 32.0 Å². The molecular weight excluding hydrogens is 410 g/mol. The quantitative estimate of drug-likeness (QED) is 0.778. The molecule has 1 saturated heterocycles. The first-order valence-corrected chi connectivity index (χ1v) is 12.3. The van der Waals surface area contributed by atoms with Crippen LogP contribution >= 0.6 is 11.3 Å². The first kappa shape index (κ1) is 21.3. The summed E-state index contributed by atoms with van der Waals surface area (Å²) in [7, 11) is -3.37. The number of sulfone groups is 1. The highest BCUT2D eigenvalue weighted by Gasteiger charge is 2.33. The number of nitrogens with one attached hydrogen (secondary N) is 1. The van der Waals surface area contributed by atoms with Crippen LogP contribution in [0.1, 0.15) is 41.1 Å². The summed E-state index contributed by atoms with van der Waals surface area (Å²) in [5.74, 6) is -0.364. The summed E-state index contributed by atoms with van der Waals surface area (Å²) < 4.78 is 23.5. The first-order valence-electron chi connectivity index (χ1n) is 9.57. The SMILES string of the molecule is CCc1cccc(CC)c1NC(=O)N1CCCN1C(=O)c1ccc(S(C)(=O)=O)s1. The van der Waals surface area contributed by atoms with Crippen molar-refractivity contribution in [3.63, 3.8) is 0 Å². The van der Waals surface area contributed by atoms with Gasteiger partial charge in [0.25, 0.3) is 5.91 Å². The molecule has 1 aliphatic rings. The maximum atomic E-state index is 13.0. The average Bonchev–Trinajstić information content (AvgIpc) is 3.37. The minimum absolute atomic E-state index is 0.139. The number of nitrogens with zero attached hydrogens (tertiary/aromatic N) is 2. The summed E-state index contributed by atoms with van der Waals surface area (Å²) in [6.45, 7) is 4.91. The molecule has 3 amide bonds. The zero-order valence-electron chi connectivity index (χ0n) is 16.8. The Balaban J connectivity index is 1.81.